The molecule has 22 heavy (non-hydrogen) atoms. The average Bonchev–Trinajstić information content (AvgIpc) is 2.57. The van der Waals surface area contributed by atoms with Crippen LogP contribution in [0.25, 0.3) is 0 Å². The van der Waals surface area contributed by atoms with Gasteiger partial charge in [-0.3, -0.25) is 0 Å². The monoisotopic (exact) mass is 300 g/mol. The van der Waals surface area contributed by atoms with Crippen LogP contribution >= 0.6 is 0 Å². The summed E-state index contributed by atoms with van der Waals surface area (Å²) in [5, 5.41) is 11.0. The van der Waals surface area contributed by atoms with Crippen molar-refractivity contribution in [3.05, 3.63) is 29.8 Å². The Labute approximate surface area is 133 Å². The zero-order valence-electron chi connectivity index (χ0n) is 13.3. The van der Waals surface area contributed by atoms with Crippen molar-refractivity contribution in [1.29, 1.82) is 0 Å². The van der Waals surface area contributed by atoms with E-state index in [0.717, 1.165) is 0 Å². The standard InChI is InChI=1S/C19H27NO2/c21-19(22)15-11-13-18(14-12-15)20(16-7-3-1-4-8-16)17-9-5-2-6-10-17/h11-14,16-17H,1-10H2,(H,21,22)/p-1. The van der Waals surface area contributed by atoms with Gasteiger partial charge in [0.2, 0.25) is 0 Å². The second kappa shape index (κ2) is 7.17. The van der Waals surface area contributed by atoms with Gasteiger partial charge in [-0.25, -0.2) is 0 Å². The highest BCUT2D eigenvalue weighted by molar-refractivity contribution is 5.86. The predicted octanol–water partition coefficient (Wildman–Crippen LogP) is 3.52. The maximum absolute atomic E-state index is 11.0. The van der Waals surface area contributed by atoms with E-state index in [1.807, 2.05) is 12.1 Å². The number of carboxylic acids is 1. The van der Waals surface area contributed by atoms with Crippen LogP contribution in [0.15, 0.2) is 24.3 Å². The smallest absolute Gasteiger partial charge is 0.0715 e. The minimum absolute atomic E-state index is 0.274. The summed E-state index contributed by atoms with van der Waals surface area (Å²) >= 11 is 0. The van der Waals surface area contributed by atoms with E-state index in [1.54, 1.807) is 12.1 Å². The van der Waals surface area contributed by atoms with Crippen molar-refractivity contribution in [3.63, 3.8) is 0 Å². The van der Waals surface area contributed by atoms with Gasteiger partial charge < -0.3 is 14.8 Å². The van der Waals surface area contributed by atoms with E-state index < -0.39 is 5.97 Å². The fourth-order valence-corrected chi connectivity index (χ4v) is 4.21. The van der Waals surface area contributed by atoms with Crippen molar-refractivity contribution in [1.82, 2.24) is 0 Å². The van der Waals surface area contributed by atoms with Gasteiger partial charge in [-0.15, -0.1) is 0 Å². The molecule has 3 nitrogen and oxygen atoms in total. The second-order valence-corrected chi connectivity index (χ2v) is 6.83. The van der Waals surface area contributed by atoms with Crippen molar-refractivity contribution in [3.8, 4) is 0 Å². The van der Waals surface area contributed by atoms with Crippen LogP contribution in [0.5, 0.6) is 0 Å². The first-order valence-corrected chi connectivity index (χ1v) is 8.85. The highest BCUT2D eigenvalue weighted by Gasteiger charge is 2.28. The third-order valence-electron chi connectivity index (χ3n) is 5.34. The molecular formula is C19H26NO2-. The van der Waals surface area contributed by atoms with Crippen molar-refractivity contribution in [2.75, 3.05) is 4.90 Å². The Bertz CT molecular complexity index is 467. The molecule has 0 bridgehead atoms. The number of hydrogen-bond donors (Lipinski definition) is 0. The first-order chi connectivity index (χ1) is 10.8. The van der Waals surface area contributed by atoms with Gasteiger partial charge in [0.25, 0.3) is 0 Å². The summed E-state index contributed by atoms with van der Waals surface area (Å²) < 4.78 is 0. The second-order valence-electron chi connectivity index (χ2n) is 6.83. The molecule has 1 aromatic rings. The molecule has 120 valence electrons. The molecule has 0 radical (unpaired) electrons. The lowest BCUT2D eigenvalue weighted by Gasteiger charge is -2.43. The molecule has 0 unspecified atom stereocenters. The topological polar surface area (TPSA) is 43.4 Å². The number of carbonyl (C=O) groups is 1. The summed E-state index contributed by atoms with van der Waals surface area (Å²) in [5.74, 6) is -1.09. The summed E-state index contributed by atoms with van der Waals surface area (Å²) in [4.78, 5) is 13.6. The Morgan fingerprint density at radius 2 is 1.27 bits per heavy atom. The molecule has 0 spiro atoms. The summed E-state index contributed by atoms with van der Waals surface area (Å²) in [6, 6.07) is 8.62. The Kier molecular flexibility index (Phi) is 5.01. The lowest BCUT2D eigenvalue weighted by molar-refractivity contribution is -0.255. The van der Waals surface area contributed by atoms with E-state index in [-0.39, 0.29) is 5.56 Å². The molecule has 0 atom stereocenters. The first-order valence-electron chi connectivity index (χ1n) is 8.85. The molecule has 2 aliphatic rings. The number of rotatable bonds is 4. The molecule has 0 N–H and O–H groups in total. The van der Waals surface area contributed by atoms with E-state index in [0.29, 0.717) is 12.1 Å². The first kappa shape index (κ1) is 15.4. The molecule has 0 aromatic heterocycles. The Morgan fingerprint density at radius 3 is 1.68 bits per heavy atom. The Balaban J connectivity index is 1.84. The minimum atomic E-state index is -1.09. The van der Waals surface area contributed by atoms with E-state index in [9.17, 15) is 9.90 Å². The number of nitrogens with zero attached hydrogens (tertiary/aromatic N) is 1. The van der Waals surface area contributed by atoms with E-state index >= 15 is 0 Å². The summed E-state index contributed by atoms with van der Waals surface area (Å²) in [7, 11) is 0. The molecule has 0 aliphatic heterocycles. The van der Waals surface area contributed by atoms with Gasteiger partial charge in [0.1, 0.15) is 0 Å². The molecule has 0 heterocycles. The van der Waals surface area contributed by atoms with Gasteiger partial charge in [0, 0.05) is 17.8 Å². The van der Waals surface area contributed by atoms with Crippen LogP contribution in [0, 0.1) is 0 Å². The van der Waals surface area contributed by atoms with Crippen molar-refractivity contribution >= 4 is 11.7 Å². The Morgan fingerprint density at radius 1 is 0.818 bits per heavy atom. The minimum Gasteiger partial charge on any atom is -0.545 e. The van der Waals surface area contributed by atoms with Crippen LogP contribution < -0.4 is 10.0 Å². The summed E-state index contributed by atoms with van der Waals surface area (Å²) in [5.41, 5.74) is 1.47. The van der Waals surface area contributed by atoms with Crippen LogP contribution in [0.3, 0.4) is 0 Å². The fraction of sp³-hybridized carbons (Fsp3) is 0.632. The summed E-state index contributed by atoms with van der Waals surface area (Å²) in [6.45, 7) is 0. The van der Waals surface area contributed by atoms with E-state index in [4.69, 9.17) is 0 Å². The molecule has 2 aliphatic carbocycles. The average molecular weight is 300 g/mol. The molecule has 0 amide bonds. The zero-order valence-corrected chi connectivity index (χ0v) is 13.3. The van der Waals surface area contributed by atoms with Gasteiger partial charge in [0.15, 0.2) is 0 Å². The highest BCUT2D eigenvalue weighted by atomic mass is 16.4. The van der Waals surface area contributed by atoms with E-state index in [1.165, 1.54) is 69.9 Å². The molecule has 1 aromatic carbocycles. The molecule has 2 fully saturated rings. The maximum atomic E-state index is 11.0. The molecule has 2 saturated carbocycles. The molecule has 0 saturated heterocycles. The van der Waals surface area contributed by atoms with Gasteiger partial charge in [-0.1, -0.05) is 50.7 Å². The Hall–Kier alpha value is -1.51. The van der Waals surface area contributed by atoms with Crippen molar-refractivity contribution in [2.45, 2.75) is 76.3 Å². The SMILES string of the molecule is O=C([O-])c1ccc(N(C2CCCCC2)C2CCCCC2)cc1. The van der Waals surface area contributed by atoms with Crippen LogP contribution in [0.2, 0.25) is 0 Å². The number of carboxylic acid groups (broad SMARTS) is 1. The lowest BCUT2D eigenvalue weighted by Crippen LogP contribution is -2.45. The number of benzene rings is 1. The normalized spacial score (nSPS) is 20.7. The van der Waals surface area contributed by atoms with Gasteiger partial charge in [0.05, 0.1) is 5.97 Å². The number of carbonyl (C=O) groups excluding carboxylic acids is 1. The van der Waals surface area contributed by atoms with Crippen molar-refractivity contribution < 1.29 is 9.90 Å². The highest BCUT2D eigenvalue weighted by Crippen LogP contribution is 2.34. The third kappa shape index (κ3) is 3.45. The van der Waals surface area contributed by atoms with Gasteiger partial charge in [-0.05, 0) is 43.4 Å². The zero-order chi connectivity index (χ0) is 15.4. The van der Waals surface area contributed by atoms with Crippen LogP contribution in [-0.4, -0.2) is 18.1 Å². The van der Waals surface area contributed by atoms with Gasteiger partial charge in [-0.2, -0.15) is 0 Å². The van der Waals surface area contributed by atoms with Gasteiger partial charge >= 0.3 is 0 Å². The van der Waals surface area contributed by atoms with Crippen molar-refractivity contribution in [2.24, 2.45) is 0 Å². The van der Waals surface area contributed by atoms with E-state index in [2.05, 4.69) is 4.90 Å². The largest absolute Gasteiger partial charge is 0.545 e. The number of hydrogen-bond acceptors (Lipinski definition) is 3. The number of anilines is 1. The fourth-order valence-electron chi connectivity index (χ4n) is 4.21. The molecule has 3 rings (SSSR count). The van der Waals surface area contributed by atoms with Crippen LogP contribution in [0.1, 0.15) is 74.6 Å². The molecule has 3 heteroatoms. The van der Waals surface area contributed by atoms with Crippen LogP contribution in [0.4, 0.5) is 5.69 Å². The third-order valence-corrected chi connectivity index (χ3v) is 5.34. The quantitative estimate of drug-likeness (QED) is 0.854. The summed E-state index contributed by atoms with van der Waals surface area (Å²) in [6.07, 6.45) is 13.1. The maximum Gasteiger partial charge on any atom is 0.0715 e. The number of aromatic carboxylic acids is 1. The predicted molar refractivity (Wildman–Crippen MR) is 87.0 cm³/mol. The van der Waals surface area contributed by atoms with Crippen LogP contribution in [-0.2, 0) is 0 Å². The lowest BCUT2D eigenvalue weighted by atomic mass is 9.88. The molecular weight excluding hydrogens is 274 g/mol.